The number of rotatable bonds is 2. The van der Waals surface area contributed by atoms with Crippen LogP contribution in [0.5, 0.6) is 0 Å². The van der Waals surface area contributed by atoms with Crippen LogP contribution in [-0.4, -0.2) is 55.0 Å². The molecule has 2 heterocycles. The Morgan fingerprint density at radius 2 is 2.06 bits per heavy atom. The van der Waals surface area contributed by atoms with E-state index in [2.05, 4.69) is 10.1 Å². The summed E-state index contributed by atoms with van der Waals surface area (Å²) in [6, 6.07) is 0. The van der Waals surface area contributed by atoms with Gasteiger partial charge in [-0.25, -0.2) is 4.98 Å². The molecule has 0 aliphatic carbocycles. The molecular weight excluding hydrogens is 214 g/mol. The molecule has 4 atom stereocenters. The largest absolute Gasteiger partial charge is 0.394 e. The van der Waals surface area contributed by atoms with Crippen LogP contribution in [0.1, 0.15) is 17.8 Å². The standard InChI is InChI=1S/C9H15N3O4/c1-4-10-9(11-12(4)2)8-7(15)6(14)5(3-13)16-8/h5-8,13-15H,3H2,1-2H3/t5-,6-,7-,8-/m1/s1. The van der Waals surface area contributed by atoms with Crippen molar-refractivity contribution in [3.8, 4) is 0 Å². The Morgan fingerprint density at radius 3 is 2.50 bits per heavy atom. The molecule has 1 aromatic heterocycles. The number of aryl methyl sites for hydroxylation is 2. The lowest BCUT2D eigenvalue weighted by atomic mass is 10.1. The Kier molecular flexibility index (Phi) is 2.94. The Bertz CT molecular complexity index is 361. The van der Waals surface area contributed by atoms with Crippen LogP contribution in [0.2, 0.25) is 0 Å². The molecule has 0 bridgehead atoms. The van der Waals surface area contributed by atoms with Crippen molar-refractivity contribution in [2.45, 2.75) is 31.3 Å². The van der Waals surface area contributed by atoms with E-state index in [0.29, 0.717) is 11.6 Å². The Morgan fingerprint density at radius 1 is 1.38 bits per heavy atom. The van der Waals surface area contributed by atoms with Crippen molar-refractivity contribution in [2.24, 2.45) is 7.05 Å². The van der Waals surface area contributed by atoms with Crippen LogP contribution in [0, 0.1) is 6.92 Å². The average Bonchev–Trinajstić information content (AvgIpc) is 2.72. The summed E-state index contributed by atoms with van der Waals surface area (Å²) in [7, 11) is 1.73. The number of hydrogen-bond acceptors (Lipinski definition) is 6. The maximum Gasteiger partial charge on any atom is 0.182 e. The van der Waals surface area contributed by atoms with Crippen LogP contribution >= 0.6 is 0 Å². The zero-order chi connectivity index (χ0) is 11.9. The fourth-order valence-corrected chi connectivity index (χ4v) is 1.72. The molecule has 0 amide bonds. The molecule has 1 aliphatic rings. The topological polar surface area (TPSA) is 101 Å². The van der Waals surface area contributed by atoms with E-state index in [1.165, 1.54) is 0 Å². The van der Waals surface area contributed by atoms with Gasteiger partial charge in [-0.15, -0.1) is 0 Å². The minimum absolute atomic E-state index is 0.322. The first-order valence-corrected chi connectivity index (χ1v) is 5.04. The molecule has 0 saturated carbocycles. The second-order valence-electron chi connectivity index (χ2n) is 3.90. The number of aliphatic hydroxyl groups is 3. The summed E-state index contributed by atoms with van der Waals surface area (Å²) in [6.45, 7) is 1.43. The van der Waals surface area contributed by atoms with Gasteiger partial charge in [0.25, 0.3) is 0 Å². The van der Waals surface area contributed by atoms with Gasteiger partial charge in [0.1, 0.15) is 30.2 Å². The van der Waals surface area contributed by atoms with Crippen LogP contribution < -0.4 is 0 Å². The SMILES string of the molecule is Cc1nc([C@@H]2O[C@H](CO)[C@@H](O)[C@H]2O)nn1C. The van der Waals surface area contributed by atoms with Gasteiger partial charge in [0, 0.05) is 7.05 Å². The van der Waals surface area contributed by atoms with Crippen molar-refractivity contribution in [1.82, 2.24) is 14.8 Å². The quantitative estimate of drug-likeness (QED) is 0.557. The average molecular weight is 229 g/mol. The second kappa shape index (κ2) is 4.10. The van der Waals surface area contributed by atoms with Crippen LogP contribution in [-0.2, 0) is 11.8 Å². The second-order valence-corrected chi connectivity index (χ2v) is 3.90. The first-order chi connectivity index (χ1) is 7.54. The zero-order valence-electron chi connectivity index (χ0n) is 9.11. The summed E-state index contributed by atoms with van der Waals surface area (Å²) < 4.78 is 6.86. The molecule has 2 rings (SSSR count). The molecule has 7 nitrogen and oxygen atoms in total. The van der Waals surface area contributed by atoms with Gasteiger partial charge >= 0.3 is 0 Å². The highest BCUT2D eigenvalue weighted by Crippen LogP contribution is 2.31. The smallest absolute Gasteiger partial charge is 0.182 e. The van der Waals surface area contributed by atoms with Gasteiger partial charge in [0.2, 0.25) is 0 Å². The van der Waals surface area contributed by atoms with Crippen molar-refractivity contribution >= 4 is 0 Å². The summed E-state index contributed by atoms with van der Waals surface area (Å²) in [5, 5.41) is 32.3. The third kappa shape index (κ3) is 1.71. The lowest BCUT2D eigenvalue weighted by Gasteiger charge is -2.10. The highest BCUT2D eigenvalue weighted by Gasteiger charge is 2.44. The summed E-state index contributed by atoms with van der Waals surface area (Å²) in [4.78, 5) is 4.12. The Balaban J connectivity index is 2.22. The molecule has 1 saturated heterocycles. The lowest BCUT2D eigenvalue weighted by molar-refractivity contribution is -0.0253. The molecule has 16 heavy (non-hydrogen) atoms. The van der Waals surface area contributed by atoms with Crippen molar-refractivity contribution in [3.05, 3.63) is 11.6 Å². The summed E-state index contributed by atoms with van der Waals surface area (Å²) in [6.07, 6.45) is -3.80. The number of hydrogen-bond donors (Lipinski definition) is 3. The minimum atomic E-state index is -1.11. The highest BCUT2D eigenvalue weighted by atomic mass is 16.6. The normalized spacial score (nSPS) is 34.6. The van der Waals surface area contributed by atoms with Crippen LogP contribution in [0.4, 0.5) is 0 Å². The van der Waals surface area contributed by atoms with Crippen molar-refractivity contribution in [3.63, 3.8) is 0 Å². The molecule has 7 heteroatoms. The Hall–Kier alpha value is -1.02. The predicted octanol–water partition coefficient (Wildman–Crippen LogP) is -1.72. The number of nitrogens with zero attached hydrogens (tertiary/aromatic N) is 3. The summed E-state index contributed by atoms with van der Waals surface area (Å²) in [5.74, 6) is 1.01. The fourth-order valence-electron chi connectivity index (χ4n) is 1.72. The maximum atomic E-state index is 9.74. The van der Waals surface area contributed by atoms with E-state index in [0.717, 1.165) is 0 Å². The molecule has 90 valence electrons. The number of ether oxygens (including phenoxy) is 1. The molecule has 1 aliphatic heterocycles. The first-order valence-electron chi connectivity index (χ1n) is 5.04. The summed E-state index contributed by atoms with van der Waals surface area (Å²) in [5.41, 5.74) is 0. The monoisotopic (exact) mass is 229 g/mol. The molecule has 1 aromatic rings. The molecule has 0 spiro atoms. The van der Waals surface area contributed by atoms with Gasteiger partial charge < -0.3 is 20.1 Å². The van der Waals surface area contributed by atoms with Crippen LogP contribution in [0.25, 0.3) is 0 Å². The van der Waals surface area contributed by atoms with Gasteiger partial charge in [-0.2, -0.15) is 5.10 Å². The van der Waals surface area contributed by atoms with Crippen molar-refractivity contribution in [1.29, 1.82) is 0 Å². The molecule has 0 radical (unpaired) electrons. The van der Waals surface area contributed by atoms with Gasteiger partial charge in [0.15, 0.2) is 5.82 Å². The van der Waals surface area contributed by atoms with E-state index in [1.54, 1.807) is 18.7 Å². The minimum Gasteiger partial charge on any atom is -0.394 e. The van der Waals surface area contributed by atoms with E-state index in [4.69, 9.17) is 9.84 Å². The fraction of sp³-hybridized carbons (Fsp3) is 0.778. The van der Waals surface area contributed by atoms with Crippen molar-refractivity contribution in [2.75, 3.05) is 6.61 Å². The molecule has 0 unspecified atom stereocenters. The van der Waals surface area contributed by atoms with E-state index in [1.807, 2.05) is 0 Å². The zero-order valence-corrected chi connectivity index (χ0v) is 9.11. The van der Waals surface area contributed by atoms with E-state index in [-0.39, 0.29) is 6.61 Å². The molecular formula is C9H15N3O4. The first kappa shape index (κ1) is 11.5. The van der Waals surface area contributed by atoms with Gasteiger partial charge in [-0.05, 0) is 6.92 Å². The number of aromatic nitrogens is 3. The molecule has 3 N–H and O–H groups in total. The maximum absolute atomic E-state index is 9.74. The Labute approximate surface area is 92.3 Å². The van der Waals surface area contributed by atoms with Crippen LogP contribution in [0.15, 0.2) is 0 Å². The van der Waals surface area contributed by atoms with Crippen molar-refractivity contribution < 1.29 is 20.1 Å². The molecule has 0 aromatic carbocycles. The van der Waals surface area contributed by atoms with Gasteiger partial charge in [0.05, 0.1) is 6.61 Å². The van der Waals surface area contributed by atoms with E-state index >= 15 is 0 Å². The van der Waals surface area contributed by atoms with E-state index < -0.39 is 24.4 Å². The number of aliphatic hydroxyl groups excluding tert-OH is 3. The lowest BCUT2D eigenvalue weighted by Crippen LogP contribution is -2.32. The van der Waals surface area contributed by atoms with Crippen LogP contribution in [0.3, 0.4) is 0 Å². The summed E-state index contributed by atoms with van der Waals surface area (Å²) >= 11 is 0. The van der Waals surface area contributed by atoms with E-state index in [9.17, 15) is 10.2 Å². The third-order valence-electron chi connectivity index (χ3n) is 2.79. The van der Waals surface area contributed by atoms with Gasteiger partial charge in [-0.1, -0.05) is 0 Å². The third-order valence-corrected chi connectivity index (χ3v) is 2.79. The predicted molar refractivity (Wildman–Crippen MR) is 52.5 cm³/mol. The van der Waals surface area contributed by atoms with Gasteiger partial charge in [-0.3, -0.25) is 4.68 Å². The highest BCUT2D eigenvalue weighted by molar-refractivity contribution is 5.03. The molecule has 1 fully saturated rings.